The van der Waals surface area contributed by atoms with Gasteiger partial charge in [-0.25, -0.2) is 0 Å². The lowest BCUT2D eigenvalue weighted by atomic mass is 9.52. The Morgan fingerprint density at radius 1 is 1.25 bits per heavy atom. The first-order chi connectivity index (χ1) is 11.3. The van der Waals surface area contributed by atoms with Crippen LogP contribution in [0, 0.1) is 24.7 Å². The third-order valence-electron chi connectivity index (χ3n) is 6.70. The Balaban J connectivity index is 1.52. The van der Waals surface area contributed by atoms with E-state index in [0.29, 0.717) is 17.8 Å². The van der Waals surface area contributed by atoms with E-state index < -0.39 is 11.0 Å². The molecule has 1 aromatic rings. The number of nitrogens with zero attached hydrogens (tertiary/aromatic N) is 1. The van der Waals surface area contributed by atoms with Gasteiger partial charge in [0.2, 0.25) is 5.91 Å². The molecule has 0 radical (unpaired) electrons. The maximum Gasteiger partial charge on any atom is 0.230 e. The Labute approximate surface area is 144 Å². The number of rotatable bonds is 3. The third kappa shape index (κ3) is 2.55. The minimum atomic E-state index is -0.593. The molecular weight excluding hydrogens is 300 g/mol. The lowest BCUT2D eigenvalue weighted by molar-refractivity contribution is -0.148. The lowest BCUT2D eigenvalue weighted by Crippen LogP contribution is -2.62. The van der Waals surface area contributed by atoms with E-state index in [1.54, 1.807) is 6.20 Å². The minimum Gasteiger partial charge on any atom is -0.390 e. The fraction of sp³-hybridized carbons (Fsp3) is 0.700. The van der Waals surface area contributed by atoms with Gasteiger partial charge in [-0.05, 0) is 81.8 Å². The molecule has 4 aliphatic carbocycles. The van der Waals surface area contributed by atoms with E-state index in [0.717, 1.165) is 43.2 Å². The van der Waals surface area contributed by atoms with Gasteiger partial charge in [0.15, 0.2) is 0 Å². The van der Waals surface area contributed by atoms with Crippen LogP contribution in [-0.2, 0) is 10.2 Å². The molecule has 0 aliphatic heterocycles. The van der Waals surface area contributed by atoms with E-state index in [1.165, 1.54) is 0 Å². The van der Waals surface area contributed by atoms with E-state index in [2.05, 4.69) is 10.3 Å². The van der Waals surface area contributed by atoms with Crippen molar-refractivity contribution in [2.45, 2.75) is 69.9 Å². The van der Waals surface area contributed by atoms with Gasteiger partial charge in [-0.3, -0.25) is 9.78 Å². The molecule has 130 valence electrons. The van der Waals surface area contributed by atoms with Crippen molar-refractivity contribution >= 4 is 5.91 Å². The van der Waals surface area contributed by atoms with Gasteiger partial charge in [-0.15, -0.1) is 0 Å². The number of amides is 1. The second kappa shape index (κ2) is 5.29. The van der Waals surface area contributed by atoms with Crippen molar-refractivity contribution < 1.29 is 9.90 Å². The Hall–Kier alpha value is -1.42. The highest BCUT2D eigenvalue weighted by Crippen LogP contribution is 2.55. The first-order valence-corrected chi connectivity index (χ1v) is 9.22. The molecule has 1 heterocycles. The number of aryl methyl sites for hydroxylation is 1. The molecule has 5 rings (SSSR count). The van der Waals surface area contributed by atoms with Crippen LogP contribution in [0.4, 0.5) is 0 Å². The summed E-state index contributed by atoms with van der Waals surface area (Å²) in [5, 5.41) is 14.1. The molecule has 24 heavy (non-hydrogen) atoms. The molecule has 1 aromatic heterocycles. The normalized spacial score (nSPS) is 37.5. The molecule has 4 bridgehead atoms. The van der Waals surface area contributed by atoms with E-state index in [-0.39, 0.29) is 11.9 Å². The number of carbonyl (C=O) groups excluding carboxylic acids is 1. The number of hydrogen-bond donors (Lipinski definition) is 2. The summed E-state index contributed by atoms with van der Waals surface area (Å²) in [6.45, 7) is 5.95. The Bertz CT molecular complexity index is 653. The smallest absolute Gasteiger partial charge is 0.230 e. The maximum absolute atomic E-state index is 13.0. The molecule has 2 atom stereocenters. The lowest BCUT2D eigenvalue weighted by Gasteiger charge is -2.58. The summed E-state index contributed by atoms with van der Waals surface area (Å²) in [7, 11) is 0. The quantitative estimate of drug-likeness (QED) is 0.897. The van der Waals surface area contributed by atoms with Gasteiger partial charge in [0.05, 0.1) is 11.0 Å². The number of carbonyl (C=O) groups is 1. The molecule has 0 saturated heterocycles. The number of nitrogens with one attached hydrogen (secondary N) is 1. The van der Waals surface area contributed by atoms with Gasteiger partial charge < -0.3 is 10.4 Å². The van der Waals surface area contributed by atoms with Crippen LogP contribution >= 0.6 is 0 Å². The largest absolute Gasteiger partial charge is 0.390 e. The SMILES string of the molecule is Cc1cncc(C(C)(C)C(=O)NC2C3CC4CC2CC(O)(C4)C3)c1. The van der Waals surface area contributed by atoms with Crippen LogP contribution in [-0.4, -0.2) is 27.6 Å². The number of hydrogen-bond acceptors (Lipinski definition) is 3. The highest BCUT2D eigenvalue weighted by molar-refractivity contribution is 5.87. The summed E-state index contributed by atoms with van der Waals surface area (Å²) < 4.78 is 0. The monoisotopic (exact) mass is 328 g/mol. The summed E-state index contributed by atoms with van der Waals surface area (Å²) in [5.74, 6) is 1.63. The highest BCUT2D eigenvalue weighted by Gasteiger charge is 2.55. The van der Waals surface area contributed by atoms with E-state index in [9.17, 15) is 9.90 Å². The summed E-state index contributed by atoms with van der Waals surface area (Å²) >= 11 is 0. The van der Waals surface area contributed by atoms with Gasteiger partial charge >= 0.3 is 0 Å². The van der Waals surface area contributed by atoms with Crippen LogP contribution in [0.1, 0.15) is 57.1 Å². The summed E-state index contributed by atoms with van der Waals surface area (Å²) in [5.41, 5.74) is 0.992. The third-order valence-corrected chi connectivity index (χ3v) is 6.70. The van der Waals surface area contributed by atoms with Crippen LogP contribution < -0.4 is 5.32 Å². The Morgan fingerprint density at radius 3 is 2.50 bits per heavy atom. The highest BCUT2D eigenvalue weighted by atomic mass is 16.3. The first-order valence-electron chi connectivity index (χ1n) is 9.22. The summed E-state index contributed by atoms with van der Waals surface area (Å²) in [6, 6.07) is 2.28. The molecule has 4 heteroatoms. The maximum atomic E-state index is 13.0. The average molecular weight is 328 g/mol. The van der Waals surface area contributed by atoms with E-state index in [4.69, 9.17) is 0 Å². The van der Waals surface area contributed by atoms with E-state index in [1.807, 2.05) is 33.0 Å². The number of aliphatic hydroxyl groups is 1. The fourth-order valence-electron chi connectivity index (χ4n) is 5.58. The molecule has 4 aliphatic rings. The van der Waals surface area contributed by atoms with Gasteiger partial charge in [0.1, 0.15) is 0 Å². The molecule has 4 fully saturated rings. The van der Waals surface area contributed by atoms with Crippen molar-refractivity contribution in [2.24, 2.45) is 17.8 Å². The second-order valence-corrected chi connectivity index (χ2v) is 9.07. The molecule has 0 spiro atoms. The van der Waals surface area contributed by atoms with Crippen molar-refractivity contribution in [3.8, 4) is 0 Å². The van der Waals surface area contributed by atoms with Gasteiger partial charge in [0.25, 0.3) is 0 Å². The van der Waals surface area contributed by atoms with Crippen LogP contribution in [0.2, 0.25) is 0 Å². The number of aromatic nitrogens is 1. The molecule has 2 unspecified atom stereocenters. The minimum absolute atomic E-state index is 0.0827. The first kappa shape index (κ1) is 16.1. The fourth-order valence-corrected chi connectivity index (χ4v) is 5.58. The van der Waals surface area contributed by atoms with Crippen LogP contribution in [0.15, 0.2) is 18.5 Å². The Morgan fingerprint density at radius 2 is 1.92 bits per heavy atom. The zero-order valence-corrected chi connectivity index (χ0v) is 14.9. The molecule has 2 N–H and O–H groups in total. The van der Waals surface area contributed by atoms with Crippen molar-refractivity contribution in [3.05, 3.63) is 29.6 Å². The zero-order chi connectivity index (χ0) is 17.1. The van der Waals surface area contributed by atoms with Crippen LogP contribution in [0.5, 0.6) is 0 Å². The standard InChI is InChI=1S/C20H28N2O2/c1-12-4-16(11-21-10-12)19(2,3)18(23)22-17-14-5-13-6-15(17)9-20(24,7-13)8-14/h4,10-11,13-15,17,24H,5-9H2,1-3H3,(H,22,23). The second-order valence-electron chi connectivity index (χ2n) is 9.07. The predicted octanol–water partition coefficient (Wildman–Crippen LogP) is 2.72. The molecule has 4 nitrogen and oxygen atoms in total. The molecule has 4 saturated carbocycles. The van der Waals surface area contributed by atoms with Gasteiger partial charge in [-0.1, -0.05) is 6.07 Å². The van der Waals surface area contributed by atoms with Crippen LogP contribution in [0.25, 0.3) is 0 Å². The van der Waals surface area contributed by atoms with Crippen LogP contribution in [0.3, 0.4) is 0 Å². The van der Waals surface area contributed by atoms with Crippen molar-refractivity contribution in [1.29, 1.82) is 0 Å². The van der Waals surface area contributed by atoms with Crippen molar-refractivity contribution in [1.82, 2.24) is 10.3 Å². The average Bonchev–Trinajstić information content (AvgIpc) is 2.49. The van der Waals surface area contributed by atoms with Crippen molar-refractivity contribution in [3.63, 3.8) is 0 Å². The summed E-state index contributed by atoms with van der Waals surface area (Å²) in [4.78, 5) is 17.3. The Kier molecular flexibility index (Phi) is 3.54. The molecular formula is C20H28N2O2. The number of pyridine rings is 1. The zero-order valence-electron chi connectivity index (χ0n) is 14.9. The van der Waals surface area contributed by atoms with Gasteiger partial charge in [0, 0.05) is 18.4 Å². The van der Waals surface area contributed by atoms with E-state index >= 15 is 0 Å². The topological polar surface area (TPSA) is 62.2 Å². The summed E-state index contributed by atoms with van der Waals surface area (Å²) in [6.07, 6.45) is 8.63. The van der Waals surface area contributed by atoms with Crippen molar-refractivity contribution in [2.75, 3.05) is 0 Å². The molecule has 0 aromatic carbocycles. The molecule has 1 amide bonds. The predicted molar refractivity (Wildman–Crippen MR) is 92.4 cm³/mol. The van der Waals surface area contributed by atoms with Gasteiger partial charge in [-0.2, -0.15) is 0 Å².